The van der Waals surface area contributed by atoms with Gasteiger partial charge >= 0.3 is 5.97 Å². The maximum absolute atomic E-state index is 11.9. The lowest BCUT2D eigenvalue weighted by Gasteiger charge is -2.25. The summed E-state index contributed by atoms with van der Waals surface area (Å²) in [6.45, 7) is 4.27. The Hall–Kier alpha value is -2.28. The van der Waals surface area contributed by atoms with Gasteiger partial charge in [0.2, 0.25) is 12.7 Å². The van der Waals surface area contributed by atoms with Crippen LogP contribution in [0.1, 0.15) is 12.5 Å². The van der Waals surface area contributed by atoms with Crippen molar-refractivity contribution in [2.75, 3.05) is 33.0 Å². The molecule has 0 saturated carbocycles. The van der Waals surface area contributed by atoms with E-state index in [9.17, 15) is 14.7 Å². The number of nitrogens with zero attached hydrogens (tertiary/aromatic N) is 2. The summed E-state index contributed by atoms with van der Waals surface area (Å²) in [5.41, 5.74) is 0.148. The molecule has 0 aromatic heterocycles. The van der Waals surface area contributed by atoms with Gasteiger partial charge in [0.05, 0.1) is 0 Å². The van der Waals surface area contributed by atoms with Gasteiger partial charge in [-0.25, -0.2) is 0 Å². The molecule has 2 fully saturated rings. The Morgan fingerprint density at radius 1 is 1.29 bits per heavy atom. The fourth-order valence-corrected chi connectivity index (χ4v) is 4.19. The topological polar surface area (TPSA) is 79.3 Å². The van der Waals surface area contributed by atoms with E-state index < -0.39 is 11.4 Å². The maximum atomic E-state index is 11.9. The second-order valence-corrected chi connectivity index (χ2v) is 6.88. The van der Waals surface area contributed by atoms with E-state index in [4.69, 9.17) is 9.47 Å². The summed E-state index contributed by atoms with van der Waals surface area (Å²) in [5.74, 6) is 0.597. The van der Waals surface area contributed by atoms with Gasteiger partial charge in [0, 0.05) is 51.1 Å². The molecule has 1 aromatic rings. The number of carbonyl (C=O) groups excluding carboxylic acids is 1. The normalized spacial score (nSPS) is 28.2. The highest BCUT2D eigenvalue weighted by Crippen LogP contribution is 2.44. The summed E-state index contributed by atoms with van der Waals surface area (Å²) in [5, 5.41) is 9.80. The maximum Gasteiger partial charge on any atom is 0.313 e. The first-order valence-electron chi connectivity index (χ1n) is 8.08. The fourth-order valence-electron chi connectivity index (χ4n) is 4.19. The lowest BCUT2D eigenvalue weighted by molar-refractivity contribution is -0.149. The Labute approximate surface area is 139 Å². The standard InChI is InChI=1S/C17H20N2O5/c1-11(20)19-7-13-6-18(8-17(13,9-19)16(21)22)5-12-3-2-4-14-15(12)24-10-23-14/h2-4,13H,5-10H2,1H3,(H,21,22)/t13-,17-/m1/s1. The second-order valence-electron chi connectivity index (χ2n) is 6.88. The third kappa shape index (κ3) is 2.23. The van der Waals surface area contributed by atoms with Crippen LogP contribution in [-0.4, -0.2) is 59.8 Å². The minimum absolute atomic E-state index is 0.0344. The van der Waals surface area contributed by atoms with Crippen molar-refractivity contribution in [2.45, 2.75) is 13.5 Å². The van der Waals surface area contributed by atoms with Gasteiger partial charge in [0.25, 0.3) is 0 Å². The van der Waals surface area contributed by atoms with E-state index in [0.29, 0.717) is 32.7 Å². The monoisotopic (exact) mass is 332 g/mol. The molecule has 24 heavy (non-hydrogen) atoms. The molecular weight excluding hydrogens is 312 g/mol. The average molecular weight is 332 g/mol. The van der Waals surface area contributed by atoms with Crippen molar-refractivity contribution in [3.8, 4) is 11.5 Å². The number of carbonyl (C=O) groups is 2. The number of fused-ring (bicyclic) bond motifs is 2. The Kier molecular flexibility index (Phi) is 3.42. The summed E-state index contributed by atoms with van der Waals surface area (Å²) in [7, 11) is 0. The van der Waals surface area contributed by atoms with Gasteiger partial charge in [-0.2, -0.15) is 0 Å². The van der Waals surface area contributed by atoms with Crippen LogP contribution in [0.5, 0.6) is 11.5 Å². The predicted octanol–water partition coefficient (Wildman–Crippen LogP) is 0.780. The third-order valence-electron chi connectivity index (χ3n) is 5.42. The van der Waals surface area contributed by atoms with Gasteiger partial charge in [0.15, 0.2) is 11.5 Å². The van der Waals surface area contributed by atoms with E-state index in [2.05, 4.69) is 4.90 Å². The number of ether oxygens (including phenoxy) is 2. The summed E-state index contributed by atoms with van der Waals surface area (Å²) >= 11 is 0. The summed E-state index contributed by atoms with van der Waals surface area (Å²) in [6.07, 6.45) is 0. The fraction of sp³-hybridized carbons (Fsp3) is 0.529. The molecule has 3 heterocycles. The van der Waals surface area contributed by atoms with Crippen LogP contribution in [0.3, 0.4) is 0 Å². The van der Waals surface area contributed by atoms with Gasteiger partial charge in [0.1, 0.15) is 5.41 Å². The van der Waals surface area contributed by atoms with Gasteiger partial charge in [-0.15, -0.1) is 0 Å². The zero-order chi connectivity index (χ0) is 16.9. The number of hydrogen-bond donors (Lipinski definition) is 1. The number of hydrogen-bond acceptors (Lipinski definition) is 5. The number of likely N-dealkylation sites (tertiary alicyclic amines) is 2. The molecule has 0 spiro atoms. The molecule has 3 aliphatic heterocycles. The summed E-state index contributed by atoms with van der Waals surface area (Å²) < 4.78 is 10.9. The van der Waals surface area contributed by atoms with E-state index in [-0.39, 0.29) is 18.6 Å². The number of para-hydroxylation sites is 1. The number of carboxylic acids is 1. The van der Waals surface area contributed by atoms with Crippen LogP contribution in [0.4, 0.5) is 0 Å². The van der Waals surface area contributed by atoms with Crippen molar-refractivity contribution in [1.82, 2.24) is 9.80 Å². The first kappa shape index (κ1) is 15.3. The van der Waals surface area contributed by atoms with Crippen molar-refractivity contribution in [3.63, 3.8) is 0 Å². The molecule has 0 bridgehead atoms. The molecule has 2 saturated heterocycles. The van der Waals surface area contributed by atoms with Gasteiger partial charge < -0.3 is 19.5 Å². The second kappa shape index (κ2) is 5.37. The van der Waals surface area contributed by atoms with Crippen LogP contribution in [-0.2, 0) is 16.1 Å². The molecule has 128 valence electrons. The number of benzene rings is 1. The van der Waals surface area contributed by atoms with Crippen LogP contribution in [0.2, 0.25) is 0 Å². The Morgan fingerprint density at radius 2 is 2.12 bits per heavy atom. The van der Waals surface area contributed by atoms with E-state index >= 15 is 0 Å². The van der Waals surface area contributed by atoms with E-state index in [1.54, 1.807) is 4.90 Å². The first-order valence-corrected chi connectivity index (χ1v) is 8.08. The minimum Gasteiger partial charge on any atom is -0.481 e. The predicted molar refractivity (Wildman–Crippen MR) is 83.7 cm³/mol. The zero-order valence-corrected chi connectivity index (χ0v) is 13.5. The number of rotatable bonds is 3. The molecule has 1 amide bonds. The van der Waals surface area contributed by atoms with Crippen molar-refractivity contribution >= 4 is 11.9 Å². The number of amides is 1. The Balaban J connectivity index is 1.54. The number of carboxylic acid groups (broad SMARTS) is 1. The third-order valence-corrected chi connectivity index (χ3v) is 5.42. The quantitative estimate of drug-likeness (QED) is 0.881. The van der Waals surface area contributed by atoms with Crippen LogP contribution >= 0.6 is 0 Å². The van der Waals surface area contributed by atoms with E-state index in [0.717, 1.165) is 17.1 Å². The highest BCUT2D eigenvalue weighted by Gasteiger charge is 2.58. The SMILES string of the molecule is CC(=O)N1C[C@H]2CN(Cc3cccc4c3OCO4)C[C@@]2(C(=O)O)C1. The van der Waals surface area contributed by atoms with Gasteiger partial charge in [-0.3, -0.25) is 14.5 Å². The van der Waals surface area contributed by atoms with Crippen molar-refractivity contribution in [2.24, 2.45) is 11.3 Å². The largest absolute Gasteiger partial charge is 0.481 e. The van der Waals surface area contributed by atoms with Crippen molar-refractivity contribution in [1.29, 1.82) is 0 Å². The molecule has 3 aliphatic rings. The lowest BCUT2D eigenvalue weighted by Crippen LogP contribution is -2.41. The summed E-state index contributed by atoms with van der Waals surface area (Å²) in [4.78, 5) is 27.4. The molecular formula is C17H20N2O5. The van der Waals surface area contributed by atoms with Crippen LogP contribution in [0.15, 0.2) is 18.2 Å². The molecule has 0 unspecified atom stereocenters. The van der Waals surface area contributed by atoms with Crippen LogP contribution in [0, 0.1) is 11.3 Å². The first-order chi connectivity index (χ1) is 11.5. The van der Waals surface area contributed by atoms with Crippen LogP contribution in [0.25, 0.3) is 0 Å². The molecule has 1 aromatic carbocycles. The molecule has 7 heteroatoms. The van der Waals surface area contributed by atoms with Gasteiger partial charge in [-0.1, -0.05) is 12.1 Å². The Bertz CT molecular complexity index is 706. The molecule has 0 aliphatic carbocycles. The van der Waals surface area contributed by atoms with Crippen molar-refractivity contribution in [3.05, 3.63) is 23.8 Å². The highest BCUT2D eigenvalue weighted by atomic mass is 16.7. The van der Waals surface area contributed by atoms with Gasteiger partial charge in [-0.05, 0) is 6.07 Å². The number of aliphatic carboxylic acids is 1. The van der Waals surface area contributed by atoms with Crippen molar-refractivity contribution < 1.29 is 24.2 Å². The minimum atomic E-state index is -0.860. The summed E-state index contributed by atoms with van der Waals surface area (Å²) in [6, 6.07) is 5.77. The van der Waals surface area contributed by atoms with E-state index in [1.165, 1.54) is 6.92 Å². The molecule has 0 radical (unpaired) electrons. The Morgan fingerprint density at radius 3 is 2.83 bits per heavy atom. The van der Waals surface area contributed by atoms with E-state index in [1.807, 2.05) is 18.2 Å². The molecule has 4 rings (SSSR count). The zero-order valence-electron chi connectivity index (χ0n) is 13.5. The molecule has 1 N–H and O–H groups in total. The lowest BCUT2D eigenvalue weighted by atomic mass is 9.81. The smallest absolute Gasteiger partial charge is 0.313 e. The molecule has 2 atom stereocenters. The highest BCUT2D eigenvalue weighted by molar-refractivity contribution is 5.80. The average Bonchev–Trinajstić information content (AvgIpc) is 3.18. The van der Waals surface area contributed by atoms with Crippen LogP contribution < -0.4 is 9.47 Å². The molecule has 7 nitrogen and oxygen atoms in total.